The molecule has 0 fully saturated rings. The second-order valence-electron chi connectivity index (χ2n) is 7.19. The molecule has 0 spiro atoms. The molecule has 32 heavy (non-hydrogen) atoms. The van der Waals surface area contributed by atoms with Crippen molar-refractivity contribution in [3.05, 3.63) is 93.4 Å². The fraction of sp³-hybridized carbons (Fsp3) is 0.0909. The van der Waals surface area contributed by atoms with Crippen molar-refractivity contribution in [1.29, 1.82) is 0 Å². The van der Waals surface area contributed by atoms with Gasteiger partial charge in [0.1, 0.15) is 0 Å². The highest BCUT2D eigenvalue weighted by atomic mass is 35.5. The summed E-state index contributed by atoms with van der Waals surface area (Å²) in [5, 5.41) is 3.11. The third-order valence-electron chi connectivity index (χ3n) is 4.91. The summed E-state index contributed by atoms with van der Waals surface area (Å²) in [7, 11) is -3.95. The fourth-order valence-electron chi connectivity index (χ4n) is 3.23. The third-order valence-corrected chi connectivity index (χ3v) is 6.61. The number of aromatic nitrogens is 2. The number of hydrogen-bond acceptors (Lipinski definition) is 4. The van der Waals surface area contributed by atoms with E-state index in [1.165, 1.54) is 24.3 Å². The first-order valence-electron chi connectivity index (χ1n) is 9.63. The Labute approximate surface area is 188 Å². The van der Waals surface area contributed by atoms with E-state index in [9.17, 15) is 18.0 Å². The van der Waals surface area contributed by atoms with Gasteiger partial charge in [-0.05, 0) is 55.0 Å². The van der Waals surface area contributed by atoms with Gasteiger partial charge in [-0.2, -0.15) is 0 Å². The summed E-state index contributed by atoms with van der Waals surface area (Å²) in [4.78, 5) is 29.5. The van der Waals surface area contributed by atoms with Gasteiger partial charge in [-0.1, -0.05) is 35.9 Å². The number of imidazole rings is 1. The molecule has 8 nitrogen and oxygen atoms in total. The first kappa shape index (κ1) is 21.7. The molecule has 0 saturated carbocycles. The van der Waals surface area contributed by atoms with E-state index >= 15 is 0 Å². The summed E-state index contributed by atoms with van der Waals surface area (Å²) in [6.45, 7) is 1.80. The number of benzene rings is 3. The van der Waals surface area contributed by atoms with Crippen LogP contribution in [-0.4, -0.2) is 24.3 Å². The lowest BCUT2D eigenvalue weighted by Crippen LogP contribution is -2.27. The number of H-pyrrole nitrogens is 2. The molecular weight excluding hydrogens is 452 g/mol. The molecule has 10 heteroatoms. The molecule has 1 heterocycles. The van der Waals surface area contributed by atoms with Gasteiger partial charge in [0.2, 0.25) is 0 Å². The largest absolute Gasteiger partial charge is 0.346 e. The number of halogens is 1. The van der Waals surface area contributed by atoms with Crippen molar-refractivity contribution < 1.29 is 13.2 Å². The lowest BCUT2D eigenvalue weighted by atomic mass is 10.1. The van der Waals surface area contributed by atoms with Gasteiger partial charge in [0, 0.05) is 5.56 Å². The predicted molar refractivity (Wildman–Crippen MR) is 124 cm³/mol. The fourth-order valence-corrected chi connectivity index (χ4v) is 4.60. The second-order valence-corrected chi connectivity index (χ2v) is 9.28. The zero-order valence-electron chi connectivity index (χ0n) is 16.8. The quantitative estimate of drug-likeness (QED) is 0.342. The van der Waals surface area contributed by atoms with Gasteiger partial charge in [0.25, 0.3) is 15.9 Å². The standard InChI is InChI=1S/C22H19ClN4O4S/c1-13(14-9-10-19-20(12-14)26-22(29)25-19)24-21(28)15-5-4-6-16(11-15)32(30,31)27-18-8-3-2-7-17(18)23/h2-13,27H,1H3,(H,24,28)(H2,25,26,29). The van der Waals surface area contributed by atoms with E-state index in [-0.39, 0.29) is 32.9 Å². The monoisotopic (exact) mass is 470 g/mol. The van der Waals surface area contributed by atoms with Crippen LogP contribution in [0.15, 0.2) is 76.4 Å². The van der Waals surface area contributed by atoms with Crippen LogP contribution in [0.4, 0.5) is 5.69 Å². The first-order valence-corrected chi connectivity index (χ1v) is 11.5. The van der Waals surface area contributed by atoms with Crippen molar-refractivity contribution in [2.75, 3.05) is 4.72 Å². The van der Waals surface area contributed by atoms with Crippen molar-refractivity contribution in [3.8, 4) is 0 Å². The average molecular weight is 471 g/mol. The van der Waals surface area contributed by atoms with E-state index in [1.54, 1.807) is 49.4 Å². The maximum Gasteiger partial charge on any atom is 0.323 e. The first-order chi connectivity index (χ1) is 15.2. The van der Waals surface area contributed by atoms with Gasteiger partial charge in [-0.25, -0.2) is 13.2 Å². The minimum absolute atomic E-state index is 0.0657. The average Bonchev–Trinajstić information content (AvgIpc) is 3.14. The minimum atomic E-state index is -3.95. The van der Waals surface area contributed by atoms with Crippen LogP contribution in [0.25, 0.3) is 11.0 Å². The highest BCUT2D eigenvalue weighted by molar-refractivity contribution is 7.92. The molecule has 0 aliphatic carbocycles. The van der Waals surface area contributed by atoms with Crippen LogP contribution in [0.1, 0.15) is 28.9 Å². The van der Waals surface area contributed by atoms with E-state index in [1.807, 2.05) is 0 Å². The number of amides is 1. The number of fused-ring (bicyclic) bond motifs is 1. The Morgan fingerprint density at radius 1 is 0.969 bits per heavy atom. The Kier molecular flexibility index (Phi) is 5.77. The van der Waals surface area contributed by atoms with Gasteiger partial charge in [0.15, 0.2) is 0 Å². The summed E-state index contributed by atoms with van der Waals surface area (Å²) >= 11 is 6.04. The van der Waals surface area contributed by atoms with E-state index in [2.05, 4.69) is 20.0 Å². The molecule has 1 atom stereocenters. The van der Waals surface area contributed by atoms with Gasteiger partial charge < -0.3 is 15.3 Å². The number of para-hydroxylation sites is 1. The van der Waals surface area contributed by atoms with Crippen molar-refractivity contribution in [2.24, 2.45) is 0 Å². The Balaban J connectivity index is 1.53. The molecule has 1 unspecified atom stereocenters. The van der Waals surface area contributed by atoms with E-state index in [4.69, 9.17) is 11.6 Å². The zero-order valence-corrected chi connectivity index (χ0v) is 18.4. The highest BCUT2D eigenvalue weighted by Gasteiger charge is 2.19. The smallest absolute Gasteiger partial charge is 0.323 e. The lowest BCUT2D eigenvalue weighted by molar-refractivity contribution is 0.0939. The van der Waals surface area contributed by atoms with E-state index in [0.717, 1.165) is 5.56 Å². The lowest BCUT2D eigenvalue weighted by Gasteiger charge is -2.15. The molecule has 0 aliphatic rings. The summed E-state index contributed by atoms with van der Waals surface area (Å²) in [5.41, 5.74) is 2.21. The summed E-state index contributed by atoms with van der Waals surface area (Å²) in [6.07, 6.45) is 0. The van der Waals surface area contributed by atoms with Crippen LogP contribution in [0.5, 0.6) is 0 Å². The van der Waals surface area contributed by atoms with Crippen LogP contribution in [0.2, 0.25) is 5.02 Å². The summed E-state index contributed by atoms with van der Waals surface area (Å²) in [5.74, 6) is -0.435. The van der Waals surface area contributed by atoms with E-state index < -0.39 is 15.9 Å². The Morgan fingerprint density at radius 2 is 1.72 bits per heavy atom. The summed E-state index contributed by atoms with van der Waals surface area (Å²) in [6, 6.07) is 17.1. The predicted octanol–water partition coefficient (Wildman–Crippen LogP) is 3.80. The number of anilines is 1. The van der Waals surface area contributed by atoms with Gasteiger partial charge in [-0.15, -0.1) is 0 Å². The molecule has 3 aromatic carbocycles. The van der Waals surface area contributed by atoms with Crippen LogP contribution in [0, 0.1) is 0 Å². The van der Waals surface area contributed by atoms with Crippen LogP contribution in [0.3, 0.4) is 0 Å². The van der Waals surface area contributed by atoms with Crippen molar-refractivity contribution in [3.63, 3.8) is 0 Å². The maximum atomic E-state index is 12.8. The molecule has 4 aromatic rings. The van der Waals surface area contributed by atoms with E-state index in [0.29, 0.717) is 11.0 Å². The maximum absolute atomic E-state index is 12.8. The summed E-state index contributed by atoms with van der Waals surface area (Å²) < 4.78 is 28.0. The molecule has 0 bridgehead atoms. The molecule has 4 N–H and O–H groups in total. The molecule has 0 radical (unpaired) electrons. The zero-order chi connectivity index (χ0) is 22.9. The highest BCUT2D eigenvalue weighted by Crippen LogP contribution is 2.24. The van der Waals surface area contributed by atoms with Crippen molar-refractivity contribution >= 4 is 44.3 Å². The van der Waals surface area contributed by atoms with Gasteiger partial charge in [-0.3, -0.25) is 9.52 Å². The van der Waals surface area contributed by atoms with Crippen molar-refractivity contribution in [2.45, 2.75) is 17.9 Å². The number of rotatable bonds is 6. The SMILES string of the molecule is CC(NC(=O)c1cccc(S(=O)(=O)Nc2ccccc2Cl)c1)c1ccc2[nH]c(=O)[nH]c2c1. The second kappa shape index (κ2) is 8.52. The third kappa shape index (κ3) is 4.53. The normalized spacial score (nSPS) is 12.4. The molecule has 0 aliphatic heterocycles. The number of aromatic amines is 2. The molecule has 1 aromatic heterocycles. The number of nitrogens with one attached hydrogen (secondary N) is 4. The molecule has 4 rings (SSSR count). The van der Waals surface area contributed by atoms with Gasteiger partial charge >= 0.3 is 5.69 Å². The Morgan fingerprint density at radius 3 is 2.50 bits per heavy atom. The number of carbonyl (C=O) groups is 1. The number of hydrogen-bond donors (Lipinski definition) is 4. The topological polar surface area (TPSA) is 124 Å². The van der Waals surface area contributed by atoms with Crippen LogP contribution in [-0.2, 0) is 10.0 Å². The van der Waals surface area contributed by atoms with Crippen LogP contribution >= 0.6 is 11.6 Å². The number of sulfonamides is 1. The molecule has 0 saturated heterocycles. The van der Waals surface area contributed by atoms with Crippen molar-refractivity contribution in [1.82, 2.24) is 15.3 Å². The molecule has 164 valence electrons. The Hall–Kier alpha value is -3.56. The van der Waals surface area contributed by atoms with Crippen LogP contribution < -0.4 is 15.7 Å². The minimum Gasteiger partial charge on any atom is -0.346 e. The van der Waals surface area contributed by atoms with Gasteiger partial charge in [0.05, 0.1) is 32.7 Å². The molecular formula is C22H19ClN4O4S. The number of carbonyl (C=O) groups excluding carboxylic acids is 1. The Bertz CT molecular complexity index is 1480. The molecule has 1 amide bonds.